The van der Waals surface area contributed by atoms with E-state index in [0.29, 0.717) is 12.1 Å². The van der Waals surface area contributed by atoms with Crippen LogP contribution >= 0.6 is 0 Å². The van der Waals surface area contributed by atoms with E-state index in [1.165, 1.54) is 0 Å². The molecule has 0 radical (unpaired) electrons. The molecule has 100 valence electrons. The summed E-state index contributed by atoms with van der Waals surface area (Å²) in [6.45, 7) is 0. The highest BCUT2D eigenvalue weighted by molar-refractivity contribution is 5.94. The maximum absolute atomic E-state index is 12.5. The Kier molecular flexibility index (Phi) is 3.45. The molecule has 0 aliphatic carbocycles. The van der Waals surface area contributed by atoms with Crippen molar-refractivity contribution in [1.29, 1.82) is 0 Å². The van der Waals surface area contributed by atoms with E-state index < -0.39 is 35.3 Å². The first-order valence-corrected chi connectivity index (χ1v) is 4.27. The third-order valence-corrected chi connectivity index (χ3v) is 1.80. The van der Waals surface area contributed by atoms with Gasteiger partial charge >= 0.3 is 12.5 Å². The summed E-state index contributed by atoms with van der Waals surface area (Å²) in [7, 11) is 0. The van der Waals surface area contributed by atoms with Crippen LogP contribution in [0.15, 0.2) is 18.2 Å². The number of hydrogen-bond acceptors (Lipinski definition) is 2. The van der Waals surface area contributed by atoms with Crippen LogP contribution in [0.2, 0.25) is 0 Å². The van der Waals surface area contributed by atoms with Crippen molar-refractivity contribution in [1.82, 2.24) is 0 Å². The van der Waals surface area contributed by atoms with E-state index in [-0.39, 0.29) is 6.07 Å². The first-order chi connectivity index (χ1) is 8.00. The van der Waals surface area contributed by atoms with Gasteiger partial charge in [0.15, 0.2) is 0 Å². The van der Waals surface area contributed by atoms with Crippen molar-refractivity contribution >= 4 is 5.91 Å². The van der Waals surface area contributed by atoms with Gasteiger partial charge in [-0.1, -0.05) is 0 Å². The van der Waals surface area contributed by atoms with Crippen molar-refractivity contribution in [3.8, 4) is 5.75 Å². The molecule has 0 saturated carbocycles. The second kappa shape index (κ2) is 4.39. The largest absolute Gasteiger partial charge is 0.573 e. The van der Waals surface area contributed by atoms with Crippen LogP contribution in [0.3, 0.4) is 0 Å². The maximum Gasteiger partial charge on any atom is 0.573 e. The first kappa shape index (κ1) is 14.1. The lowest BCUT2D eigenvalue weighted by molar-refractivity contribution is -0.274. The highest BCUT2D eigenvalue weighted by Gasteiger charge is 2.37. The van der Waals surface area contributed by atoms with Crippen LogP contribution in [0.4, 0.5) is 26.3 Å². The smallest absolute Gasteiger partial charge is 0.406 e. The van der Waals surface area contributed by atoms with E-state index in [9.17, 15) is 31.1 Å². The van der Waals surface area contributed by atoms with Crippen LogP contribution in [0.25, 0.3) is 0 Å². The van der Waals surface area contributed by atoms with Gasteiger partial charge in [-0.2, -0.15) is 13.2 Å². The highest BCUT2D eigenvalue weighted by atomic mass is 19.4. The van der Waals surface area contributed by atoms with Crippen molar-refractivity contribution in [2.45, 2.75) is 12.5 Å². The van der Waals surface area contributed by atoms with Gasteiger partial charge in [0.05, 0.1) is 11.1 Å². The van der Waals surface area contributed by atoms with Gasteiger partial charge in [0, 0.05) is 0 Å². The molecule has 0 unspecified atom stereocenters. The number of halogens is 6. The summed E-state index contributed by atoms with van der Waals surface area (Å²) in [4.78, 5) is 10.7. The first-order valence-electron chi connectivity index (χ1n) is 4.27. The molecular weight excluding hydrogens is 268 g/mol. The van der Waals surface area contributed by atoms with Gasteiger partial charge in [0.1, 0.15) is 5.75 Å². The molecule has 1 rings (SSSR count). The van der Waals surface area contributed by atoms with Gasteiger partial charge in [-0.3, -0.25) is 4.79 Å². The lowest BCUT2D eigenvalue weighted by atomic mass is 10.1. The molecule has 2 N–H and O–H groups in total. The molecule has 1 aromatic carbocycles. The second-order valence-corrected chi connectivity index (χ2v) is 3.12. The third kappa shape index (κ3) is 3.54. The van der Waals surface area contributed by atoms with Crippen LogP contribution < -0.4 is 10.5 Å². The molecule has 0 fully saturated rings. The summed E-state index contributed by atoms with van der Waals surface area (Å²) in [5.74, 6) is -2.49. The van der Waals surface area contributed by atoms with Crippen LogP contribution in [-0.4, -0.2) is 12.3 Å². The summed E-state index contributed by atoms with van der Waals surface area (Å²) < 4.78 is 76.3. The van der Waals surface area contributed by atoms with Crippen molar-refractivity contribution in [2.24, 2.45) is 5.73 Å². The Balaban J connectivity index is 3.27. The summed E-state index contributed by atoms with van der Waals surface area (Å²) in [6, 6.07) is 1.16. The normalized spacial score (nSPS) is 12.3. The zero-order valence-electron chi connectivity index (χ0n) is 8.39. The fourth-order valence-corrected chi connectivity index (χ4v) is 1.17. The van der Waals surface area contributed by atoms with E-state index >= 15 is 0 Å². The number of carbonyl (C=O) groups is 1. The molecule has 0 spiro atoms. The number of benzene rings is 1. The monoisotopic (exact) mass is 273 g/mol. The quantitative estimate of drug-likeness (QED) is 0.842. The number of ether oxygens (including phenoxy) is 1. The maximum atomic E-state index is 12.5. The average Bonchev–Trinajstić information content (AvgIpc) is 2.13. The topological polar surface area (TPSA) is 52.3 Å². The molecular formula is C9H5F6NO2. The summed E-state index contributed by atoms with van der Waals surface area (Å²) in [6.07, 6.45) is -10.1. The minimum atomic E-state index is -5.13. The molecule has 0 aliphatic heterocycles. The lowest BCUT2D eigenvalue weighted by Gasteiger charge is -2.14. The predicted octanol–water partition coefficient (Wildman–Crippen LogP) is 2.70. The zero-order valence-corrected chi connectivity index (χ0v) is 8.39. The molecule has 0 saturated heterocycles. The highest BCUT2D eigenvalue weighted by Crippen LogP contribution is 2.35. The second-order valence-electron chi connectivity index (χ2n) is 3.12. The molecule has 0 aliphatic rings. The molecule has 9 heteroatoms. The number of alkyl halides is 6. The zero-order chi connectivity index (χ0) is 14.1. The molecule has 18 heavy (non-hydrogen) atoms. The Morgan fingerprint density at radius 3 is 2.06 bits per heavy atom. The van der Waals surface area contributed by atoms with E-state index in [1.54, 1.807) is 0 Å². The van der Waals surface area contributed by atoms with Crippen LogP contribution in [0, 0.1) is 0 Å². The van der Waals surface area contributed by atoms with Gasteiger partial charge in [-0.25, -0.2) is 0 Å². The number of carbonyl (C=O) groups excluding carboxylic acids is 1. The third-order valence-electron chi connectivity index (χ3n) is 1.80. The van der Waals surface area contributed by atoms with Crippen LogP contribution in [0.5, 0.6) is 5.75 Å². The molecule has 0 heterocycles. The number of hydrogen-bond donors (Lipinski definition) is 1. The molecule has 1 aromatic rings. The Morgan fingerprint density at radius 1 is 1.11 bits per heavy atom. The molecule has 0 bridgehead atoms. The SMILES string of the molecule is NC(=O)c1ccc(OC(F)(F)F)cc1C(F)(F)F. The fourth-order valence-electron chi connectivity index (χ4n) is 1.17. The van der Waals surface area contributed by atoms with Crippen molar-refractivity contribution in [3.63, 3.8) is 0 Å². The van der Waals surface area contributed by atoms with Gasteiger partial charge in [-0.05, 0) is 18.2 Å². The van der Waals surface area contributed by atoms with Crippen LogP contribution in [-0.2, 0) is 6.18 Å². The average molecular weight is 273 g/mol. The van der Waals surface area contributed by atoms with Crippen molar-refractivity contribution < 1.29 is 35.9 Å². The standard InChI is InChI=1S/C9H5F6NO2/c10-8(11,12)6-3-4(18-9(13,14)15)1-2-5(6)7(16)17/h1-3H,(H2,16,17). The predicted molar refractivity (Wildman–Crippen MR) is 46.6 cm³/mol. The summed E-state index contributed by atoms with van der Waals surface area (Å²) >= 11 is 0. The summed E-state index contributed by atoms with van der Waals surface area (Å²) in [5, 5.41) is 0. The lowest BCUT2D eigenvalue weighted by Crippen LogP contribution is -2.21. The number of primary amides is 1. The molecule has 0 atom stereocenters. The number of rotatable bonds is 2. The van der Waals surface area contributed by atoms with E-state index in [2.05, 4.69) is 10.5 Å². The van der Waals surface area contributed by atoms with E-state index in [4.69, 9.17) is 0 Å². The van der Waals surface area contributed by atoms with Crippen molar-refractivity contribution in [2.75, 3.05) is 0 Å². The van der Waals surface area contributed by atoms with Gasteiger partial charge < -0.3 is 10.5 Å². The van der Waals surface area contributed by atoms with E-state index in [1.807, 2.05) is 0 Å². The fraction of sp³-hybridized carbons (Fsp3) is 0.222. The Bertz CT molecular complexity index is 465. The molecule has 3 nitrogen and oxygen atoms in total. The van der Waals surface area contributed by atoms with E-state index in [0.717, 1.165) is 0 Å². The minimum absolute atomic E-state index is 0.0631. The van der Waals surface area contributed by atoms with Gasteiger partial charge in [0.25, 0.3) is 0 Å². The van der Waals surface area contributed by atoms with Gasteiger partial charge in [-0.15, -0.1) is 13.2 Å². The molecule has 0 aromatic heterocycles. The summed E-state index contributed by atoms with van der Waals surface area (Å²) in [5.41, 5.74) is 2.17. The number of nitrogens with two attached hydrogens (primary N) is 1. The molecule has 1 amide bonds. The Labute approximate surface area is 96.1 Å². The van der Waals surface area contributed by atoms with Crippen LogP contribution in [0.1, 0.15) is 15.9 Å². The Hall–Kier alpha value is -1.93. The van der Waals surface area contributed by atoms with Gasteiger partial charge in [0.2, 0.25) is 5.91 Å². The van der Waals surface area contributed by atoms with Crippen molar-refractivity contribution in [3.05, 3.63) is 29.3 Å². The minimum Gasteiger partial charge on any atom is -0.406 e. The Morgan fingerprint density at radius 2 is 1.67 bits per heavy atom. The number of amides is 1.